The number of rotatable bonds is 7. The predicted octanol–water partition coefficient (Wildman–Crippen LogP) is 4.65. The standard InChI is InChI=1S/C15H19N3O2S/c1-3-5-16-13-7-14(9-15(8-13)18(19)20)17-11(2)12-4-6-21-10-12/h4,6-11,16-17H,3,5H2,1-2H3. The van der Waals surface area contributed by atoms with Crippen molar-refractivity contribution in [3.8, 4) is 0 Å². The van der Waals surface area contributed by atoms with Gasteiger partial charge in [-0.25, -0.2) is 0 Å². The van der Waals surface area contributed by atoms with E-state index in [1.807, 2.05) is 18.4 Å². The third kappa shape index (κ3) is 4.19. The average Bonchev–Trinajstić information content (AvgIpc) is 2.99. The molecule has 0 saturated heterocycles. The maximum Gasteiger partial charge on any atom is 0.273 e. The van der Waals surface area contributed by atoms with Gasteiger partial charge in [-0.05, 0) is 41.8 Å². The van der Waals surface area contributed by atoms with Crippen LogP contribution in [0.25, 0.3) is 0 Å². The zero-order chi connectivity index (χ0) is 15.2. The molecule has 2 rings (SSSR count). The maximum atomic E-state index is 11.0. The summed E-state index contributed by atoms with van der Waals surface area (Å²) >= 11 is 1.64. The van der Waals surface area contributed by atoms with E-state index in [1.54, 1.807) is 23.5 Å². The predicted molar refractivity (Wildman–Crippen MR) is 88.2 cm³/mol. The van der Waals surface area contributed by atoms with Crippen LogP contribution in [-0.4, -0.2) is 11.5 Å². The van der Waals surface area contributed by atoms with E-state index in [2.05, 4.69) is 29.0 Å². The highest BCUT2D eigenvalue weighted by molar-refractivity contribution is 7.07. The molecule has 0 fully saturated rings. The van der Waals surface area contributed by atoms with Crippen LogP contribution < -0.4 is 10.6 Å². The van der Waals surface area contributed by atoms with Crippen LogP contribution in [0.3, 0.4) is 0 Å². The molecule has 0 amide bonds. The number of nitrogens with one attached hydrogen (secondary N) is 2. The Morgan fingerprint density at radius 1 is 1.33 bits per heavy atom. The zero-order valence-corrected chi connectivity index (χ0v) is 12.9. The van der Waals surface area contributed by atoms with E-state index in [0.717, 1.165) is 24.3 Å². The van der Waals surface area contributed by atoms with Crippen molar-refractivity contribution >= 4 is 28.4 Å². The molecule has 0 aliphatic rings. The molecule has 1 aromatic heterocycles. The third-order valence-electron chi connectivity index (χ3n) is 3.13. The van der Waals surface area contributed by atoms with Crippen LogP contribution in [0, 0.1) is 10.1 Å². The van der Waals surface area contributed by atoms with Crippen LogP contribution >= 0.6 is 11.3 Å². The highest BCUT2D eigenvalue weighted by Crippen LogP contribution is 2.28. The minimum absolute atomic E-state index is 0.0936. The molecule has 112 valence electrons. The lowest BCUT2D eigenvalue weighted by molar-refractivity contribution is -0.384. The van der Waals surface area contributed by atoms with Gasteiger partial charge in [0, 0.05) is 36.1 Å². The lowest BCUT2D eigenvalue weighted by atomic mass is 10.1. The molecular weight excluding hydrogens is 286 g/mol. The molecule has 0 saturated carbocycles. The number of hydrogen-bond acceptors (Lipinski definition) is 5. The normalized spacial score (nSPS) is 11.9. The van der Waals surface area contributed by atoms with Gasteiger partial charge in [-0.15, -0.1) is 0 Å². The number of anilines is 2. The number of nitrogens with zero attached hydrogens (tertiary/aromatic N) is 1. The number of hydrogen-bond donors (Lipinski definition) is 2. The summed E-state index contributed by atoms with van der Waals surface area (Å²) in [4.78, 5) is 10.7. The fraction of sp³-hybridized carbons (Fsp3) is 0.333. The molecule has 0 bridgehead atoms. The molecule has 5 nitrogen and oxygen atoms in total. The Kier molecular flexibility index (Phi) is 5.16. The minimum Gasteiger partial charge on any atom is -0.385 e. The monoisotopic (exact) mass is 305 g/mol. The lowest BCUT2D eigenvalue weighted by Crippen LogP contribution is -2.07. The largest absolute Gasteiger partial charge is 0.385 e. The van der Waals surface area contributed by atoms with E-state index in [4.69, 9.17) is 0 Å². The van der Waals surface area contributed by atoms with Crippen molar-refractivity contribution in [3.05, 3.63) is 50.7 Å². The fourth-order valence-corrected chi connectivity index (χ4v) is 2.78. The summed E-state index contributed by atoms with van der Waals surface area (Å²) in [6.45, 7) is 4.89. The second kappa shape index (κ2) is 7.08. The van der Waals surface area contributed by atoms with Gasteiger partial charge in [0.15, 0.2) is 0 Å². The summed E-state index contributed by atoms with van der Waals surface area (Å²) in [5.74, 6) is 0. The van der Waals surface area contributed by atoms with Crippen molar-refractivity contribution < 1.29 is 4.92 Å². The molecular formula is C15H19N3O2S. The van der Waals surface area contributed by atoms with E-state index in [0.29, 0.717) is 0 Å². The topological polar surface area (TPSA) is 67.2 Å². The Hall–Kier alpha value is -2.08. The van der Waals surface area contributed by atoms with Gasteiger partial charge in [0.1, 0.15) is 0 Å². The van der Waals surface area contributed by atoms with E-state index in [-0.39, 0.29) is 16.7 Å². The molecule has 0 radical (unpaired) electrons. The molecule has 6 heteroatoms. The number of thiophene rings is 1. The van der Waals surface area contributed by atoms with E-state index < -0.39 is 0 Å². The van der Waals surface area contributed by atoms with Crippen LogP contribution in [0.5, 0.6) is 0 Å². The number of nitro groups is 1. The first-order chi connectivity index (χ1) is 10.1. The third-order valence-corrected chi connectivity index (χ3v) is 3.84. The van der Waals surface area contributed by atoms with Gasteiger partial charge < -0.3 is 10.6 Å². The molecule has 0 aliphatic heterocycles. The second-order valence-electron chi connectivity index (χ2n) is 4.88. The van der Waals surface area contributed by atoms with Gasteiger partial charge in [-0.1, -0.05) is 6.92 Å². The summed E-state index contributed by atoms with van der Waals surface area (Å²) in [5.41, 5.74) is 2.79. The van der Waals surface area contributed by atoms with Crippen molar-refractivity contribution in [2.24, 2.45) is 0 Å². The van der Waals surface area contributed by atoms with Gasteiger partial charge in [-0.2, -0.15) is 11.3 Å². The highest BCUT2D eigenvalue weighted by atomic mass is 32.1. The van der Waals surface area contributed by atoms with Crippen LogP contribution in [0.1, 0.15) is 31.9 Å². The highest BCUT2D eigenvalue weighted by Gasteiger charge is 2.12. The smallest absolute Gasteiger partial charge is 0.273 e. The summed E-state index contributed by atoms with van der Waals surface area (Å²) < 4.78 is 0. The van der Waals surface area contributed by atoms with Crippen LogP contribution in [0.15, 0.2) is 35.0 Å². The SMILES string of the molecule is CCCNc1cc(NC(C)c2ccsc2)cc([N+](=O)[O-])c1. The lowest BCUT2D eigenvalue weighted by Gasteiger charge is -2.15. The van der Waals surface area contributed by atoms with Gasteiger partial charge in [0.2, 0.25) is 0 Å². The van der Waals surface area contributed by atoms with Gasteiger partial charge in [0.25, 0.3) is 5.69 Å². The molecule has 0 aliphatic carbocycles. The summed E-state index contributed by atoms with van der Waals surface area (Å²) in [6, 6.07) is 7.20. The molecule has 2 aromatic rings. The van der Waals surface area contributed by atoms with Crippen molar-refractivity contribution in [1.29, 1.82) is 0 Å². The summed E-state index contributed by atoms with van der Waals surface area (Å²) in [7, 11) is 0. The Morgan fingerprint density at radius 3 is 2.71 bits per heavy atom. The van der Waals surface area contributed by atoms with Crippen molar-refractivity contribution in [2.75, 3.05) is 17.2 Å². The van der Waals surface area contributed by atoms with Gasteiger partial charge >= 0.3 is 0 Å². The van der Waals surface area contributed by atoms with E-state index >= 15 is 0 Å². The molecule has 1 atom stereocenters. The van der Waals surface area contributed by atoms with Crippen molar-refractivity contribution in [1.82, 2.24) is 0 Å². The Morgan fingerprint density at radius 2 is 2.10 bits per heavy atom. The average molecular weight is 305 g/mol. The number of non-ortho nitro benzene ring substituents is 1. The molecule has 1 aromatic carbocycles. The van der Waals surface area contributed by atoms with Crippen LogP contribution in [0.2, 0.25) is 0 Å². The molecule has 1 unspecified atom stereocenters. The fourth-order valence-electron chi connectivity index (χ4n) is 2.03. The molecule has 1 heterocycles. The van der Waals surface area contributed by atoms with Crippen LogP contribution in [-0.2, 0) is 0 Å². The molecule has 2 N–H and O–H groups in total. The van der Waals surface area contributed by atoms with Gasteiger partial charge in [0.05, 0.1) is 4.92 Å². The van der Waals surface area contributed by atoms with Crippen molar-refractivity contribution in [3.63, 3.8) is 0 Å². The van der Waals surface area contributed by atoms with Crippen molar-refractivity contribution in [2.45, 2.75) is 26.3 Å². The summed E-state index contributed by atoms with van der Waals surface area (Å²) in [6.07, 6.45) is 0.969. The van der Waals surface area contributed by atoms with E-state index in [1.165, 1.54) is 5.56 Å². The number of benzene rings is 1. The maximum absolute atomic E-state index is 11.0. The molecule has 21 heavy (non-hydrogen) atoms. The Labute approximate surface area is 128 Å². The Balaban J connectivity index is 2.20. The first-order valence-corrected chi connectivity index (χ1v) is 7.86. The minimum atomic E-state index is -0.364. The quantitative estimate of drug-likeness (QED) is 0.577. The zero-order valence-electron chi connectivity index (χ0n) is 12.1. The summed E-state index contributed by atoms with van der Waals surface area (Å²) in [5, 5.41) is 21.7. The van der Waals surface area contributed by atoms with Gasteiger partial charge in [-0.3, -0.25) is 10.1 Å². The second-order valence-corrected chi connectivity index (χ2v) is 5.66. The first kappa shape index (κ1) is 15.3. The molecule has 0 spiro atoms. The van der Waals surface area contributed by atoms with Crippen LogP contribution in [0.4, 0.5) is 17.1 Å². The van der Waals surface area contributed by atoms with E-state index in [9.17, 15) is 10.1 Å². The first-order valence-electron chi connectivity index (χ1n) is 6.92. The Bertz CT molecular complexity index is 599. The number of nitro benzene ring substituents is 1.